The van der Waals surface area contributed by atoms with Crippen LogP contribution in [0.25, 0.3) is 0 Å². The molecule has 1 unspecified atom stereocenters. The maximum Gasteiger partial charge on any atom is 0.409 e. The number of hydrogen-bond donors (Lipinski definition) is 0. The highest BCUT2D eigenvalue weighted by Gasteiger charge is 2.28. The number of carbonyl (C=O) groups is 2. The smallest absolute Gasteiger partial charge is 0.409 e. The number of likely N-dealkylation sites (tertiary alicyclic amines) is 1. The van der Waals surface area contributed by atoms with E-state index in [4.69, 9.17) is 9.47 Å². The number of rotatable bonds is 5. The molecular weight excluding hydrogens is 306 g/mol. The maximum atomic E-state index is 12.0. The molecule has 1 aliphatic heterocycles. The van der Waals surface area contributed by atoms with Crippen LogP contribution in [0.5, 0.6) is 0 Å². The molecule has 24 heavy (non-hydrogen) atoms. The number of benzene rings is 1. The lowest BCUT2D eigenvalue weighted by Gasteiger charge is -2.34. The summed E-state index contributed by atoms with van der Waals surface area (Å²) in [5.74, 6) is -0.217. The highest BCUT2D eigenvalue weighted by molar-refractivity contribution is 5.83. The van der Waals surface area contributed by atoms with Crippen molar-refractivity contribution in [3.8, 4) is 0 Å². The van der Waals surface area contributed by atoms with Gasteiger partial charge in [0, 0.05) is 25.1 Å². The van der Waals surface area contributed by atoms with Crippen LogP contribution in [0, 0.1) is 5.92 Å². The van der Waals surface area contributed by atoms with E-state index in [-0.39, 0.29) is 18.0 Å². The summed E-state index contributed by atoms with van der Waals surface area (Å²) in [7, 11) is 0. The lowest BCUT2D eigenvalue weighted by Crippen LogP contribution is -2.42. The summed E-state index contributed by atoms with van der Waals surface area (Å²) < 4.78 is 10.1. The SMILES string of the molecule is CCOC(=O)/C=C1/CCN(C(=O)OCC)CC1Cc1ccccc1. The average molecular weight is 331 g/mol. The molecule has 0 saturated carbocycles. The van der Waals surface area contributed by atoms with E-state index in [1.807, 2.05) is 18.2 Å². The van der Waals surface area contributed by atoms with Gasteiger partial charge < -0.3 is 14.4 Å². The minimum absolute atomic E-state index is 0.0926. The second-order valence-electron chi connectivity index (χ2n) is 5.75. The van der Waals surface area contributed by atoms with Crippen LogP contribution in [0.15, 0.2) is 42.0 Å². The van der Waals surface area contributed by atoms with Crippen molar-refractivity contribution in [2.45, 2.75) is 26.7 Å². The molecule has 1 fully saturated rings. The van der Waals surface area contributed by atoms with Crippen LogP contribution in [0.3, 0.4) is 0 Å². The van der Waals surface area contributed by atoms with Crippen LogP contribution in [-0.4, -0.2) is 43.3 Å². The van der Waals surface area contributed by atoms with E-state index in [1.54, 1.807) is 24.8 Å². The minimum atomic E-state index is -0.310. The Kier molecular flexibility index (Phi) is 6.85. The van der Waals surface area contributed by atoms with Crippen molar-refractivity contribution < 1.29 is 19.1 Å². The molecule has 1 aromatic carbocycles. The molecule has 1 amide bonds. The molecule has 0 spiro atoms. The van der Waals surface area contributed by atoms with Gasteiger partial charge in [-0.05, 0) is 32.3 Å². The molecule has 1 aromatic rings. The summed E-state index contributed by atoms with van der Waals surface area (Å²) >= 11 is 0. The van der Waals surface area contributed by atoms with Gasteiger partial charge in [0.25, 0.3) is 0 Å². The summed E-state index contributed by atoms with van der Waals surface area (Å²) in [5, 5.41) is 0. The fraction of sp³-hybridized carbons (Fsp3) is 0.474. The van der Waals surface area contributed by atoms with E-state index >= 15 is 0 Å². The van der Waals surface area contributed by atoms with Crippen molar-refractivity contribution in [1.29, 1.82) is 0 Å². The summed E-state index contributed by atoms with van der Waals surface area (Å²) in [4.78, 5) is 25.6. The zero-order valence-electron chi connectivity index (χ0n) is 14.4. The highest BCUT2D eigenvalue weighted by Crippen LogP contribution is 2.27. The zero-order chi connectivity index (χ0) is 17.4. The van der Waals surface area contributed by atoms with Crippen molar-refractivity contribution in [3.05, 3.63) is 47.5 Å². The van der Waals surface area contributed by atoms with Gasteiger partial charge in [0.05, 0.1) is 13.2 Å². The van der Waals surface area contributed by atoms with Crippen LogP contribution in [0.2, 0.25) is 0 Å². The molecule has 1 aliphatic rings. The number of hydrogen-bond acceptors (Lipinski definition) is 4. The second-order valence-corrected chi connectivity index (χ2v) is 5.75. The van der Waals surface area contributed by atoms with Crippen molar-refractivity contribution in [2.24, 2.45) is 5.92 Å². The number of carbonyl (C=O) groups excluding carboxylic acids is 2. The standard InChI is InChI=1S/C19H25NO4/c1-3-23-18(21)13-16-10-11-20(19(22)24-4-2)14-17(16)12-15-8-6-5-7-9-15/h5-9,13,17H,3-4,10-12,14H2,1-2H3/b16-13-. The molecule has 2 rings (SSSR count). The Bertz CT molecular complexity index is 582. The number of nitrogens with zero attached hydrogens (tertiary/aromatic N) is 1. The fourth-order valence-corrected chi connectivity index (χ4v) is 2.94. The Morgan fingerprint density at radius 1 is 1.17 bits per heavy atom. The topological polar surface area (TPSA) is 55.8 Å². The molecule has 0 N–H and O–H groups in total. The van der Waals surface area contributed by atoms with Gasteiger partial charge in [0.1, 0.15) is 0 Å². The summed E-state index contributed by atoms with van der Waals surface area (Å²) in [5.41, 5.74) is 2.22. The number of amides is 1. The van der Waals surface area contributed by atoms with Crippen LogP contribution in [0.1, 0.15) is 25.8 Å². The average Bonchev–Trinajstić information content (AvgIpc) is 2.58. The lowest BCUT2D eigenvalue weighted by molar-refractivity contribution is -0.137. The van der Waals surface area contributed by atoms with Crippen LogP contribution in [-0.2, 0) is 20.7 Å². The first kappa shape index (κ1) is 18.0. The van der Waals surface area contributed by atoms with Gasteiger partial charge in [0.2, 0.25) is 0 Å². The molecule has 1 atom stereocenters. The lowest BCUT2D eigenvalue weighted by atomic mass is 9.86. The quantitative estimate of drug-likeness (QED) is 0.614. The Hall–Kier alpha value is -2.30. The Balaban J connectivity index is 2.14. The predicted molar refractivity (Wildman–Crippen MR) is 91.6 cm³/mol. The highest BCUT2D eigenvalue weighted by atomic mass is 16.6. The van der Waals surface area contributed by atoms with E-state index in [0.29, 0.717) is 32.7 Å². The number of ether oxygens (including phenoxy) is 2. The molecule has 5 heteroatoms. The zero-order valence-corrected chi connectivity index (χ0v) is 14.4. The van der Waals surface area contributed by atoms with Crippen molar-refractivity contribution >= 4 is 12.1 Å². The van der Waals surface area contributed by atoms with E-state index in [9.17, 15) is 9.59 Å². The molecule has 1 heterocycles. The Labute approximate surface area is 143 Å². The summed E-state index contributed by atoms with van der Waals surface area (Å²) in [6.45, 7) is 5.44. The first-order valence-electron chi connectivity index (χ1n) is 8.46. The number of piperidine rings is 1. The molecule has 0 radical (unpaired) electrons. The first-order chi connectivity index (χ1) is 11.6. The van der Waals surface area contributed by atoms with Crippen molar-refractivity contribution in [1.82, 2.24) is 4.90 Å². The van der Waals surface area contributed by atoms with Gasteiger partial charge in [-0.25, -0.2) is 9.59 Å². The first-order valence-corrected chi connectivity index (χ1v) is 8.46. The Morgan fingerprint density at radius 2 is 1.88 bits per heavy atom. The van der Waals surface area contributed by atoms with E-state index < -0.39 is 0 Å². The van der Waals surface area contributed by atoms with E-state index in [0.717, 1.165) is 12.0 Å². The molecule has 1 saturated heterocycles. The van der Waals surface area contributed by atoms with Gasteiger partial charge in [-0.2, -0.15) is 0 Å². The van der Waals surface area contributed by atoms with Crippen LogP contribution in [0.4, 0.5) is 4.79 Å². The predicted octanol–water partition coefficient (Wildman–Crippen LogP) is 3.20. The molecule has 130 valence electrons. The largest absolute Gasteiger partial charge is 0.463 e. The summed E-state index contributed by atoms with van der Waals surface area (Å²) in [6.07, 6.45) is 2.75. The maximum absolute atomic E-state index is 12.0. The van der Waals surface area contributed by atoms with Gasteiger partial charge in [-0.1, -0.05) is 35.9 Å². The van der Waals surface area contributed by atoms with Gasteiger partial charge in [-0.15, -0.1) is 0 Å². The molecule has 0 aromatic heterocycles. The molecular formula is C19H25NO4. The Morgan fingerprint density at radius 3 is 2.54 bits per heavy atom. The normalized spacial score (nSPS) is 19.2. The van der Waals surface area contributed by atoms with Crippen molar-refractivity contribution in [3.63, 3.8) is 0 Å². The third-order valence-electron chi connectivity index (χ3n) is 4.08. The molecule has 0 aliphatic carbocycles. The van der Waals surface area contributed by atoms with E-state index in [2.05, 4.69) is 12.1 Å². The van der Waals surface area contributed by atoms with Gasteiger partial charge in [-0.3, -0.25) is 0 Å². The van der Waals surface area contributed by atoms with E-state index in [1.165, 1.54) is 5.56 Å². The monoisotopic (exact) mass is 331 g/mol. The van der Waals surface area contributed by atoms with Crippen LogP contribution >= 0.6 is 0 Å². The molecule has 5 nitrogen and oxygen atoms in total. The van der Waals surface area contributed by atoms with Gasteiger partial charge >= 0.3 is 12.1 Å². The second kappa shape index (κ2) is 9.11. The minimum Gasteiger partial charge on any atom is -0.463 e. The number of esters is 1. The van der Waals surface area contributed by atoms with Crippen LogP contribution < -0.4 is 0 Å². The fourth-order valence-electron chi connectivity index (χ4n) is 2.94. The third-order valence-corrected chi connectivity index (χ3v) is 4.08. The summed E-state index contributed by atoms with van der Waals surface area (Å²) in [6, 6.07) is 10.1. The third kappa shape index (κ3) is 5.11. The van der Waals surface area contributed by atoms with Crippen molar-refractivity contribution in [2.75, 3.05) is 26.3 Å². The van der Waals surface area contributed by atoms with Gasteiger partial charge in [0.15, 0.2) is 0 Å². The molecule has 0 bridgehead atoms.